The second-order valence-electron chi connectivity index (χ2n) is 7.93. The third-order valence-corrected chi connectivity index (χ3v) is 5.44. The molecule has 2 aromatic carbocycles. The highest BCUT2D eigenvalue weighted by Crippen LogP contribution is 2.36. The maximum Gasteiger partial charge on any atom is 0.336 e. The SMILES string of the molecule is O=C(/C=C/c1ccc(O)c(O)c1)OC[C@H]1O[C@@H](Oc2ccc3ccc(=O)oc3c2O)[C@H](O)[C@@H](O)[C@@H]1O. The number of hydrogen-bond donors (Lipinski definition) is 6. The van der Waals surface area contributed by atoms with Crippen LogP contribution in [0.15, 0.2) is 57.8 Å². The molecule has 1 aromatic heterocycles. The van der Waals surface area contributed by atoms with Gasteiger partial charge in [-0.05, 0) is 42.0 Å². The second kappa shape index (κ2) is 10.3. The van der Waals surface area contributed by atoms with Gasteiger partial charge in [0.25, 0.3) is 0 Å². The summed E-state index contributed by atoms with van der Waals surface area (Å²) in [5.74, 6) is -2.33. The molecule has 0 aliphatic carbocycles. The van der Waals surface area contributed by atoms with Crippen LogP contribution in [-0.2, 0) is 14.3 Å². The van der Waals surface area contributed by atoms with Crippen LogP contribution in [0.2, 0.25) is 0 Å². The number of carbonyl (C=O) groups excluding carboxylic acids is 1. The molecule has 5 atom stereocenters. The third-order valence-electron chi connectivity index (χ3n) is 5.44. The Balaban J connectivity index is 1.43. The summed E-state index contributed by atoms with van der Waals surface area (Å²) in [5.41, 5.74) is -0.472. The van der Waals surface area contributed by atoms with Crippen molar-refractivity contribution < 1.29 is 54.1 Å². The molecule has 0 amide bonds. The Kier molecular flexibility index (Phi) is 7.12. The Morgan fingerprint density at radius 2 is 1.69 bits per heavy atom. The first-order valence-corrected chi connectivity index (χ1v) is 10.6. The van der Waals surface area contributed by atoms with Gasteiger partial charge in [0.05, 0.1) is 0 Å². The molecule has 0 unspecified atom stereocenters. The molecule has 1 aliphatic rings. The highest BCUT2D eigenvalue weighted by Gasteiger charge is 2.45. The molecule has 0 spiro atoms. The molecule has 12 nitrogen and oxygen atoms in total. The second-order valence-corrected chi connectivity index (χ2v) is 7.93. The first kappa shape index (κ1) is 25.0. The standard InChI is InChI=1S/C24H22O12/c25-13-5-1-11(9-14(13)26)2-7-17(27)33-10-16-19(29)21(31)22(32)24(35-16)34-15-6-3-12-4-8-18(28)36-23(12)20(15)30/h1-9,16,19,21-22,24-26,29-32H,10H2/b7-2+/t16-,19-,21+,22-,24-/m1/s1. The molecule has 36 heavy (non-hydrogen) atoms. The minimum absolute atomic E-state index is 0.162. The summed E-state index contributed by atoms with van der Waals surface area (Å²) >= 11 is 0. The number of hydrogen-bond acceptors (Lipinski definition) is 12. The number of ether oxygens (including phenoxy) is 3. The van der Waals surface area contributed by atoms with E-state index in [1.165, 1.54) is 48.5 Å². The van der Waals surface area contributed by atoms with E-state index in [0.29, 0.717) is 10.9 Å². The molecule has 4 rings (SSSR count). The van der Waals surface area contributed by atoms with Gasteiger partial charge in [0.15, 0.2) is 22.8 Å². The Labute approximate surface area is 202 Å². The third kappa shape index (κ3) is 5.26. The maximum atomic E-state index is 12.1. The molecule has 0 radical (unpaired) electrons. The molecule has 12 heteroatoms. The number of aliphatic hydroxyl groups is 3. The van der Waals surface area contributed by atoms with E-state index in [1.807, 2.05) is 0 Å². The van der Waals surface area contributed by atoms with E-state index in [-0.39, 0.29) is 22.8 Å². The lowest BCUT2D eigenvalue weighted by atomic mass is 9.99. The van der Waals surface area contributed by atoms with E-state index < -0.39 is 54.7 Å². The first-order valence-electron chi connectivity index (χ1n) is 10.6. The van der Waals surface area contributed by atoms with Crippen molar-refractivity contribution in [1.29, 1.82) is 0 Å². The molecule has 1 aliphatic heterocycles. The Hall–Kier alpha value is -4.10. The van der Waals surface area contributed by atoms with Gasteiger partial charge in [-0.25, -0.2) is 9.59 Å². The van der Waals surface area contributed by atoms with E-state index in [0.717, 1.165) is 6.08 Å². The lowest BCUT2D eigenvalue weighted by Crippen LogP contribution is -2.60. The van der Waals surface area contributed by atoms with Crippen molar-refractivity contribution in [2.75, 3.05) is 6.61 Å². The molecular formula is C24H22O12. The topological polar surface area (TPSA) is 196 Å². The molecule has 0 bridgehead atoms. The summed E-state index contributed by atoms with van der Waals surface area (Å²) in [7, 11) is 0. The monoisotopic (exact) mass is 502 g/mol. The van der Waals surface area contributed by atoms with E-state index in [1.54, 1.807) is 0 Å². The van der Waals surface area contributed by atoms with Crippen LogP contribution in [0.5, 0.6) is 23.0 Å². The lowest BCUT2D eigenvalue weighted by molar-refractivity contribution is -0.278. The van der Waals surface area contributed by atoms with Gasteiger partial charge < -0.3 is 49.3 Å². The Morgan fingerprint density at radius 1 is 0.944 bits per heavy atom. The number of fused-ring (bicyclic) bond motifs is 1. The highest BCUT2D eigenvalue weighted by atomic mass is 16.7. The van der Waals surface area contributed by atoms with Crippen LogP contribution in [-0.4, -0.2) is 73.9 Å². The van der Waals surface area contributed by atoms with Crippen LogP contribution < -0.4 is 10.4 Å². The maximum absolute atomic E-state index is 12.1. The van der Waals surface area contributed by atoms with Gasteiger partial charge >= 0.3 is 11.6 Å². The molecule has 1 saturated heterocycles. The number of benzene rings is 2. The van der Waals surface area contributed by atoms with Crippen molar-refractivity contribution in [1.82, 2.24) is 0 Å². The molecule has 0 saturated carbocycles. The molecule has 3 aromatic rings. The van der Waals surface area contributed by atoms with Crippen molar-refractivity contribution in [2.45, 2.75) is 30.7 Å². The van der Waals surface area contributed by atoms with Crippen molar-refractivity contribution in [2.24, 2.45) is 0 Å². The van der Waals surface area contributed by atoms with Gasteiger partial charge in [0.2, 0.25) is 12.0 Å². The number of carbonyl (C=O) groups is 1. The summed E-state index contributed by atoms with van der Waals surface area (Å²) < 4.78 is 21.0. The zero-order valence-corrected chi connectivity index (χ0v) is 18.4. The number of phenols is 3. The average molecular weight is 502 g/mol. The largest absolute Gasteiger partial charge is 0.504 e. The van der Waals surface area contributed by atoms with Crippen molar-refractivity contribution in [3.05, 3.63) is 64.5 Å². The van der Waals surface area contributed by atoms with Gasteiger partial charge in [-0.3, -0.25) is 0 Å². The quantitative estimate of drug-likeness (QED) is 0.117. The fourth-order valence-electron chi connectivity index (χ4n) is 3.49. The average Bonchev–Trinajstić information content (AvgIpc) is 2.86. The Bertz CT molecular complexity index is 1350. The van der Waals surface area contributed by atoms with Crippen LogP contribution >= 0.6 is 0 Å². The summed E-state index contributed by atoms with van der Waals surface area (Å²) in [6.45, 7) is -0.534. The molecular weight excluding hydrogens is 480 g/mol. The van der Waals surface area contributed by atoms with Crippen molar-refractivity contribution in [3.63, 3.8) is 0 Å². The van der Waals surface area contributed by atoms with Crippen LogP contribution in [0.3, 0.4) is 0 Å². The fourth-order valence-corrected chi connectivity index (χ4v) is 3.49. The smallest absolute Gasteiger partial charge is 0.336 e. The fraction of sp³-hybridized carbons (Fsp3) is 0.250. The molecule has 1 fully saturated rings. The summed E-state index contributed by atoms with van der Waals surface area (Å²) in [4.78, 5) is 23.5. The Morgan fingerprint density at radius 3 is 2.44 bits per heavy atom. The minimum Gasteiger partial charge on any atom is -0.504 e. The van der Waals surface area contributed by atoms with Crippen LogP contribution in [0, 0.1) is 0 Å². The van der Waals surface area contributed by atoms with Crippen molar-refractivity contribution >= 4 is 23.0 Å². The lowest BCUT2D eigenvalue weighted by Gasteiger charge is -2.39. The number of phenolic OH excluding ortho intramolecular Hbond substituents is 3. The van der Waals surface area contributed by atoms with Gasteiger partial charge in [-0.2, -0.15) is 0 Å². The van der Waals surface area contributed by atoms with Crippen molar-refractivity contribution in [3.8, 4) is 23.0 Å². The molecule has 2 heterocycles. The zero-order chi connectivity index (χ0) is 26.0. The van der Waals surface area contributed by atoms with Crippen LogP contribution in [0.25, 0.3) is 17.0 Å². The van der Waals surface area contributed by atoms with Gasteiger partial charge in [0, 0.05) is 17.5 Å². The normalized spacial score (nSPS) is 24.1. The number of aliphatic hydroxyl groups excluding tert-OH is 3. The molecule has 190 valence electrons. The first-order chi connectivity index (χ1) is 17.1. The van der Waals surface area contributed by atoms with Gasteiger partial charge in [-0.1, -0.05) is 6.07 Å². The van der Waals surface area contributed by atoms with Gasteiger partial charge in [0.1, 0.15) is 31.0 Å². The van der Waals surface area contributed by atoms with Gasteiger partial charge in [-0.15, -0.1) is 0 Å². The van der Waals surface area contributed by atoms with E-state index in [9.17, 15) is 40.2 Å². The summed E-state index contributed by atoms with van der Waals surface area (Å²) in [6, 6.07) is 9.31. The summed E-state index contributed by atoms with van der Waals surface area (Å²) in [6.07, 6.45) is -5.71. The van der Waals surface area contributed by atoms with Crippen LogP contribution in [0.1, 0.15) is 5.56 Å². The minimum atomic E-state index is -1.75. The predicted octanol–water partition coefficient (Wildman–Crippen LogP) is 0.353. The number of rotatable bonds is 6. The number of aromatic hydroxyl groups is 3. The van der Waals surface area contributed by atoms with Crippen LogP contribution in [0.4, 0.5) is 0 Å². The van der Waals surface area contributed by atoms with E-state index in [2.05, 4.69) is 0 Å². The molecule has 6 N–H and O–H groups in total. The highest BCUT2D eigenvalue weighted by molar-refractivity contribution is 5.87. The number of esters is 1. The predicted molar refractivity (Wildman–Crippen MR) is 121 cm³/mol. The zero-order valence-electron chi connectivity index (χ0n) is 18.4. The van der Waals surface area contributed by atoms with E-state index in [4.69, 9.17) is 18.6 Å². The van der Waals surface area contributed by atoms with E-state index >= 15 is 0 Å². The summed E-state index contributed by atoms with van der Waals surface area (Å²) in [5, 5.41) is 60.4.